The lowest BCUT2D eigenvalue weighted by Crippen LogP contribution is -2.58. The van der Waals surface area contributed by atoms with Crippen molar-refractivity contribution in [1.82, 2.24) is 19.8 Å². The molecule has 3 atom stereocenters. The monoisotopic (exact) mass is 418 g/mol. The van der Waals surface area contributed by atoms with Crippen molar-refractivity contribution in [2.75, 3.05) is 26.2 Å². The Kier molecular flexibility index (Phi) is 5.11. The Morgan fingerprint density at radius 2 is 2.27 bits per heavy atom. The summed E-state index contributed by atoms with van der Waals surface area (Å²) < 4.78 is 8.84. The molecule has 2 aromatic rings. The van der Waals surface area contributed by atoms with E-state index in [1.54, 1.807) is 12.5 Å². The maximum Gasteiger partial charge on any atom is 0.272 e. The lowest BCUT2D eigenvalue weighted by Gasteiger charge is -2.41. The smallest absolute Gasteiger partial charge is 0.272 e. The summed E-state index contributed by atoms with van der Waals surface area (Å²) in [5.41, 5.74) is 1.74. The lowest BCUT2D eigenvalue weighted by atomic mass is 10.00. The number of carbonyl (C=O) groups excluding carboxylic acids is 1. The first-order chi connectivity index (χ1) is 12.6. The summed E-state index contributed by atoms with van der Waals surface area (Å²) >= 11 is 3.61. The van der Waals surface area contributed by atoms with Gasteiger partial charge in [-0.15, -0.1) is 0 Å². The molecular weight excluding hydrogens is 396 g/mol. The van der Waals surface area contributed by atoms with Crippen molar-refractivity contribution in [1.29, 1.82) is 0 Å². The van der Waals surface area contributed by atoms with Crippen molar-refractivity contribution in [2.45, 2.75) is 31.5 Å². The maximum absolute atomic E-state index is 13.2. The van der Waals surface area contributed by atoms with Crippen LogP contribution in [0.2, 0.25) is 0 Å². The number of morpholine rings is 1. The molecule has 1 amide bonds. The highest BCUT2D eigenvalue weighted by molar-refractivity contribution is 9.10. The number of fused-ring (bicyclic) bond motifs is 1. The third kappa shape index (κ3) is 3.31. The zero-order valence-electron chi connectivity index (χ0n) is 14.8. The molecule has 2 aliphatic heterocycles. The molecule has 26 heavy (non-hydrogen) atoms. The van der Waals surface area contributed by atoms with Crippen LogP contribution >= 0.6 is 15.9 Å². The first kappa shape index (κ1) is 17.7. The first-order valence-corrected chi connectivity index (χ1v) is 9.85. The van der Waals surface area contributed by atoms with Gasteiger partial charge >= 0.3 is 0 Å². The van der Waals surface area contributed by atoms with Crippen molar-refractivity contribution in [3.05, 3.63) is 52.5 Å². The SMILES string of the molecule is C[C@@H](c1ccccc1Br)n1cncc1C(=O)N1CC[C@H]2NCCO[C@@H]2C1. The van der Waals surface area contributed by atoms with Gasteiger partial charge in [-0.05, 0) is 25.0 Å². The van der Waals surface area contributed by atoms with Gasteiger partial charge in [0.15, 0.2) is 0 Å². The minimum atomic E-state index is 0.0113. The first-order valence-electron chi connectivity index (χ1n) is 9.05. The van der Waals surface area contributed by atoms with Crippen molar-refractivity contribution in [3.8, 4) is 0 Å². The zero-order valence-corrected chi connectivity index (χ0v) is 16.4. The summed E-state index contributed by atoms with van der Waals surface area (Å²) in [6.45, 7) is 5.06. The Labute approximate surface area is 161 Å². The van der Waals surface area contributed by atoms with Gasteiger partial charge in [-0.2, -0.15) is 0 Å². The van der Waals surface area contributed by atoms with Crippen LogP contribution in [0.3, 0.4) is 0 Å². The molecule has 138 valence electrons. The average Bonchev–Trinajstić information content (AvgIpc) is 3.16. The Bertz CT molecular complexity index is 793. The molecule has 0 saturated carbocycles. The van der Waals surface area contributed by atoms with Crippen LogP contribution in [0.15, 0.2) is 41.3 Å². The molecule has 1 aromatic heterocycles. The molecule has 3 heterocycles. The van der Waals surface area contributed by atoms with Crippen LogP contribution in [0, 0.1) is 0 Å². The van der Waals surface area contributed by atoms with Crippen molar-refractivity contribution >= 4 is 21.8 Å². The largest absolute Gasteiger partial charge is 0.373 e. The van der Waals surface area contributed by atoms with E-state index in [4.69, 9.17) is 4.74 Å². The molecule has 2 fully saturated rings. The van der Waals surface area contributed by atoms with Crippen LogP contribution in [0.1, 0.15) is 35.4 Å². The second kappa shape index (κ2) is 7.50. The molecule has 0 unspecified atom stereocenters. The van der Waals surface area contributed by atoms with Crippen LogP contribution in [0.25, 0.3) is 0 Å². The second-order valence-electron chi connectivity index (χ2n) is 6.89. The molecule has 0 aliphatic carbocycles. The van der Waals surface area contributed by atoms with Gasteiger partial charge in [0.25, 0.3) is 5.91 Å². The molecule has 7 heteroatoms. The molecule has 4 rings (SSSR count). The topological polar surface area (TPSA) is 59.4 Å². The van der Waals surface area contributed by atoms with E-state index in [9.17, 15) is 4.79 Å². The van der Waals surface area contributed by atoms with E-state index in [1.807, 2.05) is 27.7 Å². The predicted molar refractivity (Wildman–Crippen MR) is 102 cm³/mol. The fourth-order valence-electron chi connectivity index (χ4n) is 3.86. The van der Waals surface area contributed by atoms with Gasteiger partial charge < -0.3 is 19.5 Å². The molecular formula is C19H23BrN4O2. The fraction of sp³-hybridized carbons (Fsp3) is 0.474. The number of piperidine rings is 1. The minimum Gasteiger partial charge on any atom is -0.373 e. The summed E-state index contributed by atoms with van der Waals surface area (Å²) in [6.07, 6.45) is 4.41. The molecule has 1 N–H and O–H groups in total. The summed E-state index contributed by atoms with van der Waals surface area (Å²) in [4.78, 5) is 19.3. The number of hydrogen-bond donors (Lipinski definition) is 1. The van der Waals surface area contributed by atoms with Crippen LogP contribution in [-0.2, 0) is 4.74 Å². The number of ether oxygens (including phenoxy) is 1. The molecule has 2 saturated heterocycles. The number of amides is 1. The van der Waals surface area contributed by atoms with Crippen molar-refractivity contribution < 1.29 is 9.53 Å². The van der Waals surface area contributed by atoms with Crippen LogP contribution in [-0.4, -0.2) is 58.7 Å². The van der Waals surface area contributed by atoms with Gasteiger partial charge in [0.2, 0.25) is 0 Å². The third-order valence-electron chi connectivity index (χ3n) is 5.34. The van der Waals surface area contributed by atoms with Crippen molar-refractivity contribution in [3.63, 3.8) is 0 Å². The van der Waals surface area contributed by atoms with Gasteiger partial charge in [0.05, 0.1) is 31.3 Å². The van der Waals surface area contributed by atoms with E-state index in [2.05, 4.69) is 39.2 Å². The number of benzene rings is 1. The van der Waals surface area contributed by atoms with E-state index in [0.29, 0.717) is 24.9 Å². The Morgan fingerprint density at radius 1 is 1.42 bits per heavy atom. The molecule has 0 radical (unpaired) electrons. The quantitative estimate of drug-likeness (QED) is 0.831. The van der Waals surface area contributed by atoms with E-state index < -0.39 is 0 Å². The second-order valence-corrected chi connectivity index (χ2v) is 7.75. The highest BCUT2D eigenvalue weighted by atomic mass is 79.9. The van der Waals surface area contributed by atoms with Crippen LogP contribution < -0.4 is 5.32 Å². The number of likely N-dealkylation sites (tertiary alicyclic amines) is 1. The van der Waals surface area contributed by atoms with E-state index in [1.165, 1.54) is 0 Å². The lowest BCUT2D eigenvalue weighted by molar-refractivity contribution is -0.0417. The zero-order chi connectivity index (χ0) is 18.1. The highest BCUT2D eigenvalue weighted by Crippen LogP contribution is 2.28. The number of hydrogen-bond acceptors (Lipinski definition) is 4. The van der Waals surface area contributed by atoms with Gasteiger partial charge in [0, 0.05) is 30.1 Å². The number of imidazole rings is 1. The maximum atomic E-state index is 13.2. The molecule has 0 bridgehead atoms. The number of carbonyl (C=O) groups is 1. The third-order valence-corrected chi connectivity index (χ3v) is 6.07. The predicted octanol–water partition coefficient (Wildman–Crippen LogP) is 2.46. The normalized spacial score (nSPS) is 24.2. The van der Waals surface area contributed by atoms with Crippen LogP contribution in [0.4, 0.5) is 0 Å². The van der Waals surface area contributed by atoms with E-state index in [-0.39, 0.29) is 18.1 Å². The summed E-state index contributed by atoms with van der Waals surface area (Å²) in [5, 5.41) is 3.49. The van der Waals surface area contributed by atoms with Gasteiger partial charge in [-0.3, -0.25) is 4.79 Å². The fourth-order valence-corrected chi connectivity index (χ4v) is 4.48. The number of aromatic nitrogens is 2. The molecule has 0 spiro atoms. The summed E-state index contributed by atoms with van der Waals surface area (Å²) in [5.74, 6) is 0.0222. The van der Waals surface area contributed by atoms with E-state index >= 15 is 0 Å². The van der Waals surface area contributed by atoms with E-state index in [0.717, 1.165) is 29.5 Å². The molecule has 1 aromatic carbocycles. The van der Waals surface area contributed by atoms with Crippen molar-refractivity contribution in [2.24, 2.45) is 0 Å². The standard InChI is InChI=1S/C19H23BrN4O2/c1-13(14-4-2-3-5-15(14)20)24-12-21-10-17(24)19(25)23-8-6-16-18(11-23)26-9-7-22-16/h2-5,10,12-13,16,18,22H,6-9,11H2,1H3/t13-,16+,18+/m0/s1. The highest BCUT2D eigenvalue weighted by Gasteiger charge is 2.35. The number of rotatable bonds is 3. The Balaban J connectivity index is 1.55. The molecule has 6 nitrogen and oxygen atoms in total. The van der Waals surface area contributed by atoms with Gasteiger partial charge in [-0.25, -0.2) is 4.98 Å². The molecule has 2 aliphatic rings. The minimum absolute atomic E-state index is 0.0113. The Hall–Kier alpha value is -1.70. The Morgan fingerprint density at radius 3 is 3.12 bits per heavy atom. The van der Waals surface area contributed by atoms with Crippen LogP contribution in [0.5, 0.6) is 0 Å². The summed E-state index contributed by atoms with van der Waals surface area (Å²) in [7, 11) is 0. The summed E-state index contributed by atoms with van der Waals surface area (Å²) in [6, 6.07) is 8.45. The van der Waals surface area contributed by atoms with Gasteiger partial charge in [0.1, 0.15) is 5.69 Å². The average molecular weight is 419 g/mol. The number of nitrogens with zero attached hydrogens (tertiary/aromatic N) is 3. The number of halogens is 1. The van der Waals surface area contributed by atoms with Gasteiger partial charge in [-0.1, -0.05) is 34.1 Å². The number of nitrogens with one attached hydrogen (secondary N) is 1.